The van der Waals surface area contributed by atoms with Crippen molar-refractivity contribution in [3.05, 3.63) is 42.2 Å². The Hall–Kier alpha value is -2.32. The molecule has 1 heterocycles. The fourth-order valence-electron chi connectivity index (χ4n) is 1.40. The summed E-state index contributed by atoms with van der Waals surface area (Å²) in [5.74, 6) is -0.289. The van der Waals surface area contributed by atoms with E-state index in [0.717, 1.165) is 0 Å². The molecule has 0 bridgehead atoms. The van der Waals surface area contributed by atoms with Gasteiger partial charge in [-0.25, -0.2) is 13.6 Å². The number of rotatable bonds is 3. The molecule has 0 aliphatic heterocycles. The zero-order chi connectivity index (χ0) is 14.0. The van der Waals surface area contributed by atoms with Crippen LogP contribution in [-0.2, 0) is 10.0 Å². The molecule has 0 aliphatic carbocycles. The molecule has 0 radical (unpaired) electrons. The first kappa shape index (κ1) is 13.1. The first-order valence-corrected chi connectivity index (χ1v) is 6.70. The highest BCUT2D eigenvalue weighted by Gasteiger charge is 2.11. The standard InChI is InChI=1S/C11H11N3O4S/c12-10-6-5-9(18-10)11(15)14-7-1-3-8(4-2-7)19(13,16)17/h1-6H,12H2,(H,14,15)(H2,13,16,17). The highest BCUT2D eigenvalue weighted by atomic mass is 32.2. The predicted molar refractivity (Wildman–Crippen MR) is 68.9 cm³/mol. The number of primary sulfonamides is 1. The van der Waals surface area contributed by atoms with Crippen molar-refractivity contribution in [3.8, 4) is 0 Å². The van der Waals surface area contributed by atoms with Gasteiger partial charge < -0.3 is 15.5 Å². The van der Waals surface area contributed by atoms with Crippen LogP contribution < -0.4 is 16.2 Å². The molecule has 19 heavy (non-hydrogen) atoms. The minimum atomic E-state index is -3.74. The number of nitrogen functional groups attached to an aromatic ring is 1. The number of anilines is 2. The molecule has 0 aliphatic rings. The van der Waals surface area contributed by atoms with Gasteiger partial charge in [-0.1, -0.05) is 0 Å². The van der Waals surface area contributed by atoms with Gasteiger partial charge in [0.25, 0.3) is 5.91 Å². The zero-order valence-corrected chi connectivity index (χ0v) is 10.5. The second-order valence-corrected chi connectivity index (χ2v) is 5.29. The molecule has 7 nitrogen and oxygen atoms in total. The summed E-state index contributed by atoms with van der Waals surface area (Å²) >= 11 is 0. The van der Waals surface area contributed by atoms with E-state index in [-0.39, 0.29) is 16.5 Å². The average molecular weight is 281 g/mol. The third-order valence-electron chi connectivity index (χ3n) is 2.29. The number of amides is 1. The van der Waals surface area contributed by atoms with Crippen LogP contribution in [0.5, 0.6) is 0 Å². The van der Waals surface area contributed by atoms with E-state index in [1.165, 1.54) is 36.4 Å². The Kier molecular flexibility index (Phi) is 3.28. The van der Waals surface area contributed by atoms with Crippen LogP contribution in [0.25, 0.3) is 0 Å². The SMILES string of the molecule is Nc1ccc(C(=O)Nc2ccc(S(N)(=O)=O)cc2)o1. The lowest BCUT2D eigenvalue weighted by Gasteiger charge is -2.04. The van der Waals surface area contributed by atoms with Gasteiger partial charge in [0.15, 0.2) is 11.6 Å². The van der Waals surface area contributed by atoms with E-state index < -0.39 is 15.9 Å². The maximum absolute atomic E-state index is 11.7. The number of hydrogen-bond donors (Lipinski definition) is 3. The summed E-state index contributed by atoms with van der Waals surface area (Å²) in [6, 6.07) is 8.32. The number of carbonyl (C=O) groups excluding carboxylic acids is 1. The number of nitrogens with two attached hydrogens (primary N) is 2. The van der Waals surface area contributed by atoms with Crippen molar-refractivity contribution in [3.63, 3.8) is 0 Å². The minimum Gasteiger partial charge on any atom is -0.436 e. The van der Waals surface area contributed by atoms with Crippen molar-refractivity contribution in [2.75, 3.05) is 11.1 Å². The normalized spacial score (nSPS) is 11.2. The van der Waals surface area contributed by atoms with Gasteiger partial charge >= 0.3 is 0 Å². The van der Waals surface area contributed by atoms with Crippen molar-refractivity contribution in [1.29, 1.82) is 0 Å². The summed E-state index contributed by atoms with van der Waals surface area (Å²) in [6.45, 7) is 0. The molecule has 2 rings (SSSR count). The zero-order valence-electron chi connectivity index (χ0n) is 9.66. The number of nitrogens with one attached hydrogen (secondary N) is 1. The molecule has 0 atom stereocenters. The number of furan rings is 1. The van der Waals surface area contributed by atoms with Crippen LogP contribution >= 0.6 is 0 Å². The molecular formula is C11H11N3O4S. The van der Waals surface area contributed by atoms with E-state index in [9.17, 15) is 13.2 Å². The topological polar surface area (TPSA) is 128 Å². The van der Waals surface area contributed by atoms with Crippen molar-refractivity contribution >= 4 is 27.5 Å². The Morgan fingerprint density at radius 1 is 1.11 bits per heavy atom. The molecule has 5 N–H and O–H groups in total. The Balaban J connectivity index is 2.14. The first-order chi connectivity index (χ1) is 8.86. The Bertz CT molecular complexity index is 704. The van der Waals surface area contributed by atoms with Crippen LogP contribution in [0.1, 0.15) is 10.6 Å². The lowest BCUT2D eigenvalue weighted by Crippen LogP contribution is -2.13. The summed E-state index contributed by atoms with van der Waals surface area (Å²) in [6.07, 6.45) is 0. The highest BCUT2D eigenvalue weighted by molar-refractivity contribution is 7.89. The third kappa shape index (κ3) is 3.12. The fourth-order valence-corrected chi connectivity index (χ4v) is 1.91. The molecule has 0 saturated carbocycles. The molecule has 0 fully saturated rings. The van der Waals surface area contributed by atoms with Crippen molar-refractivity contribution in [2.24, 2.45) is 5.14 Å². The smallest absolute Gasteiger partial charge is 0.291 e. The Labute approximate surface area is 109 Å². The number of hydrogen-bond acceptors (Lipinski definition) is 5. The molecule has 0 unspecified atom stereocenters. The lowest BCUT2D eigenvalue weighted by molar-refractivity contribution is 0.0997. The van der Waals surface area contributed by atoms with E-state index in [1.807, 2.05) is 0 Å². The molecule has 1 amide bonds. The van der Waals surface area contributed by atoms with Gasteiger partial charge in [-0.2, -0.15) is 0 Å². The summed E-state index contributed by atoms with van der Waals surface area (Å²) in [5.41, 5.74) is 5.76. The van der Waals surface area contributed by atoms with Gasteiger partial charge in [0.05, 0.1) is 4.90 Å². The van der Waals surface area contributed by atoms with Crippen molar-refractivity contribution in [2.45, 2.75) is 4.90 Å². The maximum atomic E-state index is 11.7. The van der Waals surface area contributed by atoms with Crippen LogP contribution in [0.2, 0.25) is 0 Å². The van der Waals surface area contributed by atoms with Gasteiger partial charge in [-0.3, -0.25) is 4.79 Å². The van der Waals surface area contributed by atoms with E-state index in [4.69, 9.17) is 15.3 Å². The molecule has 0 saturated heterocycles. The van der Waals surface area contributed by atoms with Gasteiger partial charge in [0, 0.05) is 11.8 Å². The second-order valence-electron chi connectivity index (χ2n) is 3.73. The molecule has 8 heteroatoms. The number of benzene rings is 1. The van der Waals surface area contributed by atoms with Crippen molar-refractivity contribution < 1.29 is 17.6 Å². The first-order valence-electron chi connectivity index (χ1n) is 5.16. The number of sulfonamides is 1. The van der Waals surface area contributed by atoms with Gasteiger partial charge in [0.1, 0.15) is 0 Å². The molecular weight excluding hydrogens is 270 g/mol. The van der Waals surface area contributed by atoms with Gasteiger partial charge in [-0.15, -0.1) is 0 Å². The van der Waals surface area contributed by atoms with Crippen LogP contribution in [-0.4, -0.2) is 14.3 Å². The predicted octanol–water partition coefficient (Wildman–Crippen LogP) is 0.761. The molecule has 0 spiro atoms. The van der Waals surface area contributed by atoms with E-state index >= 15 is 0 Å². The largest absolute Gasteiger partial charge is 0.436 e. The van der Waals surface area contributed by atoms with Crippen LogP contribution in [0.3, 0.4) is 0 Å². The lowest BCUT2D eigenvalue weighted by atomic mass is 10.3. The van der Waals surface area contributed by atoms with Gasteiger partial charge in [-0.05, 0) is 30.3 Å². The van der Waals surface area contributed by atoms with Gasteiger partial charge in [0.2, 0.25) is 10.0 Å². The highest BCUT2D eigenvalue weighted by Crippen LogP contribution is 2.15. The number of carbonyl (C=O) groups is 1. The van der Waals surface area contributed by atoms with Crippen LogP contribution in [0, 0.1) is 0 Å². The maximum Gasteiger partial charge on any atom is 0.291 e. The van der Waals surface area contributed by atoms with Crippen LogP contribution in [0.4, 0.5) is 11.6 Å². The molecule has 2 aromatic rings. The summed E-state index contributed by atoms with van der Waals surface area (Å²) < 4.78 is 27.0. The van der Waals surface area contributed by atoms with E-state index in [2.05, 4.69) is 5.32 Å². The second kappa shape index (κ2) is 4.75. The third-order valence-corrected chi connectivity index (χ3v) is 3.22. The van der Waals surface area contributed by atoms with E-state index in [0.29, 0.717) is 5.69 Å². The van der Waals surface area contributed by atoms with E-state index in [1.54, 1.807) is 0 Å². The minimum absolute atomic E-state index is 0.0345. The van der Waals surface area contributed by atoms with Crippen LogP contribution in [0.15, 0.2) is 45.7 Å². The molecule has 1 aromatic carbocycles. The Morgan fingerprint density at radius 2 is 1.74 bits per heavy atom. The monoisotopic (exact) mass is 281 g/mol. The fraction of sp³-hybridized carbons (Fsp3) is 0. The quantitative estimate of drug-likeness (QED) is 0.765. The summed E-state index contributed by atoms with van der Waals surface area (Å²) in [7, 11) is -3.74. The summed E-state index contributed by atoms with van der Waals surface area (Å²) in [5, 5.41) is 7.48. The Morgan fingerprint density at radius 3 is 2.21 bits per heavy atom. The molecule has 1 aromatic heterocycles. The average Bonchev–Trinajstić information content (AvgIpc) is 2.75. The molecule has 100 valence electrons. The van der Waals surface area contributed by atoms with Crippen molar-refractivity contribution in [1.82, 2.24) is 0 Å². The summed E-state index contributed by atoms with van der Waals surface area (Å²) in [4.78, 5) is 11.7.